The number of fused-ring (bicyclic) bond motifs is 1. The number of pyridine rings is 1. The Morgan fingerprint density at radius 1 is 1.19 bits per heavy atom. The summed E-state index contributed by atoms with van der Waals surface area (Å²) in [7, 11) is 0. The topological polar surface area (TPSA) is 33.2 Å². The second-order valence-electron chi connectivity index (χ2n) is 5.55. The van der Waals surface area contributed by atoms with Gasteiger partial charge in [0.2, 0.25) is 0 Å². The Morgan fingerprint density at radius 3 is 2.90 bits per heavy atom. The molecule has 0 bridgehead atoms. The predicted octanol–water partition coefficient (Wildman–Crippen LogP) is 3.86. The van der Waals surface area contributed by atoms with Crippen molar-refractivity contribution in [1.29, 1.82) is 0 Å². The van der Waals surface area contributed by atoms with E-state index in [4.69, 9.17) is 11.6 Å². The lowest BCUT2D eigenvalue weighted by molar-refractivity contribution is 0.0695. The number of carbonyl (C=O) groups excluding carboxylic acids is 1. The summed E-state index contributed by atoms with van der Waals surface area (Å²) in [5, 5.41) is 1.05. The van der Waals surface area contributed by atoms with Crippen LogP contribution in [0.15, 0.2) is 36.4 Å². The molecule has 3 rings (SSSR count). The van der Waals surface area contributed by atoms with E-state index in [1.807, 2.05) is 41.3 Å². The number of aromatic nitrogens is 1. The zero-order chi connectivity index (χ0) is 14.7. The average molecular weight is 303 g/mol. The van der Waals surface area contributed by atoms with Crippen LogP contribution in [0.2, 0.25) is 0 Å². The monoisotopic (exact) mass is 302 g/mol. The minimum absolute atomic E-state index is 0.00769. The van der Waals surface area contributed by atoms with Crippen LogP contribution in [0.5, 0.6) is 0 Å². The van der Waals surface area contributed by atoms with Crippen molar-refractivity contribution in [2.75, 3.05) is 12.4 Å². The number of hydrogen-bond acceptors (Lipinski definition) is 2. The number of hydrogen-bond donors (Lipinski definition) is 0. The summed E-state index contributed by atoms with van der Waals surface area (Å²) in [5.41, 5.74) is 1.38. The van der Waals surface area contributed by atoms with E-state index < -0.39 is 0 Å². The van der Waals surface area contributed by atoms with Crippen molar-refractivity contribution in [3.63, 3.8) is 0 Å². The molecule has 4 heteroatoms. The Kier molecular flexibility index (Phi) is 4.39. The fourth-order valence-electron chi connectivity index (χ4n) is 2.94. The lowest BCUT2D eigenvalue weighted by atomic mass is 10.1. The maximum Gasteiger partial charge on any atom is 0.272 e. The summed E-state index contributed by atoms with van der Waals surface area (Å²) in [6.45, 7) is 0.782. The zero-order valence-electron chi connectivity index (χ0n) is 12.0. The van der Waals surface area contributed by atoms with Crippen LogP contribution in [0.25, 0.3) is 10.9 Å². The lowest BCUT2D eigenvalue weighted by Crippen LogP contribution is -2.41. The minimum Gasteiger partial charge on any atom is -0.333 e. The van der Waals surface area contributed by atoms with Gasteiger partial charge in [-0.2, -0.15) is 0 Å². The van der Waals surface area contributed by atoms with Gasteiger partial charge in [-0.3, -0.25) is 4.79 Å². The van der Waals surface area contributed by atoms with E-state index in [1.165, 1.54) is 6.42 Å². The van der Waals surface area contributed by atoms with Gasteiger partial charge in [-0.25, -0.2) is 4.98 Å². The third kappa shape index (κ3) is 3.03. The largest absolute Gasteiger partial charge is 0.333 e. The number of benzene rings is 1. The first-order valence-electron chi connectivity index (χ1n) is 7.52. The van der Waals surface area contributed by atoms with Gasteiger partial charge in [0.25, 0.3) is 5.91 Å². The van der Waals surface area contributed by atoms with Gasteiger partial charge in [-0.05, 0) is 25.0 Å². The molecule has 110 valence electrons. The molecule has 2 aromatic rings. The summed E-state index contributed by atoms with van der Waals surface area (Å²) >= 11 is 6.06. The molecule has 3 nitrogen and oxygen atoms in total. The van der Waals surface area contributed by atoms with E-state index in [2.05, 4.69) is 4.98 Å². The van der Waals surface area contributed by atoms with E-state index in [9.17, 15) is 4.79 Å². The number of rotatable bonds is 2. The number of likely N-dealkylation sites (tertiary alicyclic amines) is 1. The highest BCUT2D eigenvalue weighted by Gasteiger charge is 2.26. The second-order valence-corrected chi connectivity index (χ2v) is 5.85. The smallest absolute Gasteiger partial charge is 0.272 e. The van der Waals surface area contributed by atoms with Crippen LogP contribution in [0.4, 0.5) is 0 Å². The van der Waals surface area contributed by atoms with Crippen LogP contribution >= 0.6 is 11.6 Å². The summed E-state index contributed by atoms with van der Waals surface area (Å²) in [4.78, 5) is 19.2. The minimum atomic E-state index is 0.00769. The number of carbonyl (C=O) groups is 1. The van der Waals surface area contributed by atoms with Gasteiger partial charge in [0.15, 0.2) is 0 Å². The van der Waals surface area contributed by atoms with Crippen LogP contribution in [0.3, 0.4) is 0 Å². The summed E-state index contributed by atoms with van der Waals surface area (Å²) < 4.78 is 0. The third-order valence-corrected chi connectivity index (χ3v) is 4.49. The predicted molar refractivity (Wildman–Crippen MR) is 85.8 cm³/mol. The van der Waals surface area contributed by atoms with E-state index in [0.717, 1.165) is 36.7 Å². The molecule has 1 saturated heterocycles. The van der Waals surface area contributed by atoms with Crippen LogP contribution in [0, 0.1) is 0 Å². The van der Waals surface area contributed by atoms with Crippen LogP contribution in [0.1, 0.15) is 36.2 Å². The highest BCUT2D eigenvalue weighted by Crippen LogP contribution is 2.21. The molecule has 0 spiro atoms. The number of nitrogens with zero attached hydrogens (tertiary/aromatic N) is 2. The number of para-hydroxylation sites is 1. The molecule has 1 aliphatic rings. The van der Waals surface area contributed by atoms with Gasteiger partial charge in [0, 0.05) is 23.9 Å². The third-order valence-electron chi connectivity index (χ3n) is 4.13. The first-order chi connectivity index (χ1) is 10.3. The maximum atomic E-state index is 12.8. The molecule has 1 fully saturated rings. The molecule has 1 aromatic heterocycles. The first kappa shape index (κ1) is 14.3. The van der Waals surface area contributed by atoms with Crippen molar-refractivity contribution in [2.45, 2.75) is 31.7 Å². The molecular formula is C17H19ClN2O. The van der Waals surface area contributed by atoms with Crippen molar-refractivity contribution in [3.8, 4) is 0 Å². The average Bonchev–Trinajstić information content (AvgIpc) is 2.79. The molecule has 21 heavy (non-hydrogen) atoms. The molecule has 0 saturated carbocycles. The molecule has 1 aliphatic heterocycles. The van der Waals surface area contributed by atoms with Crippen molar-refractivity contribution >= 4 is 28.4 Å². The van der Waals surface area contributed by atoms with Gasteiger partial charge >= 0.3 is 0 Å². The Labute approximate surface area is 129 Å². The van der Waals surface area contributed by atoms with Crippen LogP contribution in [-0.4, -0.2) is 34.3 Å². The van der Waals surface area contributed by atoms with Crippen LogP contribution < -0.4 is 0 Å². The molecule has 1 amide bonds. The first-order valence-corrected chi connectivity index (χ1v) is 8.06. The van der Waals surface area contributed by atoms with E-state index in [1.54, 1.807) is 0 Å². The molecule has 0 radical (unpaired) electrons. The van der Waals surface area contributed by atoms with Gasteiger partial charge in [-0.15, -0.1) is 11.6 Å². The zero-order valence-corrected chi connectivity index (χ0v) is 12.7. The number of alkyl halides is 1. The van der Waals surface area contributed by atoms with Gasteiger partial charge in [-0.1, -0.05) is 37.1 Å². The van der Waals surface area contributed by atoms with E-state index in [-0.39, 0.29) is 11.9 Å². The number of amides is 1. The second kappa shape index (κ2) is 6.44. The summed E-state index contributed by atoms with van der Waals surface area (Å²) in [6.07, 6.45) is 4.35. The Hall–Kier alpha value is -1.61. The van der Waals surface area contributed by atoms with Crippen molar-refractivity contribution in [2.24, 2.45) is 0 Å². The van der Waals surface area contributed by atoms with Crippen molar-refractivity contribution in [1.82, 2.24) is 9.88 Å². The fraction of sp³-hybridized carbons (Fsp3) is 0.412. The van der Waals surface area contributed by atoms with E-state index >= 15 is 0 Å². The quantitative estimate of drug-likeness (QED) is 0.789. The van der Waals surface area contributed by atoms with Gasteiger partial charge in [0.1, 0.15) is 5.69 Å². The normalized spacial score (nSPS) is 19.5. The molecule has 2 heterocycles. The van der Waals surface area contributed by atoms with Crippen LogP contribution in [-0.2, 0) is 0 Å². The van der Waals surface area contributed by atoms with Gasteiger partial charge in [0.05, 0.1) is 5.52 Å². The fourth-order valence-corrected chi connectivity index (χ4v) is 3.26. The molecular weight excluding hydrogens is 284 g/mol. The molecule has 0 N–H and O–H groups in total. The standard InChI is InChI=1S/C17H19ClN2O/c18-12-14-7-2-1-5-11-20(14)17(21)16-10-9-13-6-3-4-8-15(13)19-16/h3-4,6,8-10,14H,1-2,5,7,11-12H2. The molecule has 1 unspecified atom stereocenters. The summed E-state index contributed by atoms with van der Waals surface area (Å²) in [6, 6.07) is 11.8. The highest BCUT2D eigenvalue weighted by molar-refractivity contribution is 6.18. The number of halogens is 1. The summed E-state index contributed by atoms with van der Waals surface area (Å²) in [5.74, 6) is 0.507. The van der Waals surface area contributed by atoms with Crippen molar-refractivity contribution < 1.29 is 4.79 Å². The van der Waals surface area contributed by atoms with E-state index in [0.29, 0.717) is 11.6 Å². The Bertz CT molecular complexity index is 643. The SMILES string of the molecule is O=C(c1ccc2ccccc2n1)N1CCCCCC1CCl. The molecule has 1 aromatic carbocycles. The Morgan fingerprint density at radius 2 is 2.05 bits per heavy atom. The molecule has 0 aliphatic carbocycles. The maximum absolute atomic E-state index is 12.8. The Balaban J connectivity index is 1.90. The van der Waals surface area contributed by atoms with Gasteiger partial charge < -0.3 is 4.90 Å². The van der Waals surface area contributed by atoms with Crippen molar-refractivity contribution in [3.05, 3.63) is 42.1 Å². The molecule has 1 atom stereocenters. The lowest BCUT2D eigenvalue weighted by Gasteiger charge is -2.28. The highest BCUT2D eigenvalue weighted by atomic mass is 35.5.